The van der Waals surface area contributed by atoms with Crippen LogP contribution in [0, 0.1) is 0 Å². The van der Waals surface area contributed by atoms with Gasteiger partial charge in [-0.1, -0.05) is 24.3 Å². The monoisotopic (exact) mass is 253 g/mol. The number of hydrogen-bond donors (Lipinski definition) is 1. The molecule has 0 saturated carbocycles. The summed E-state index contributed by atoms with van der Waals surface area (Å²) in [6, 6.07) is 16.7. The summed E-state index contributed by atoms with van der Waals surface area (Å²) in [5, 5.41) is 9.36. The van der Waals surface area contributed by atoms with Crippen LogP contribution in [0.25, 0.3) is 0 Å². The maximum absolute atomic E-state index is 9.36. The third-order valence-electron chi connectivity index (χ3n) is 4.13. The molecule has 0 saturated heterocycles. The van der Waals surface area contributed by atoms with Crippen molar-refractivity contribution >= 4 is 5.69 Å². The van der Waals surface area contributed by atoms with E-state index in [-0.39, 0.29) is 0 Å². The van der Waals surface area contributed by atoms with Gasteiger partial charge in [0.1, 0.15) is 5.75 Å². The predicted molar refractivity (Wildman–Crippen MR) is 78.8 cm³/mol. The van der Waals surface area contributed by atoms with E-state index in [2.05, 4.69) is 36.2 Å². The topological polar surface area (TPSA) is 23.5 Å². The third-order valence-corrected chi connectivity index (χ3v) is 4.13. The molecule has 1 N–H and O–H groups in total. The summed E-state index contributed by atoms with van der Waals surface area (Å²) in [5.41, 5.74) is 4.14. The Balaban J connectivity index is 1.79. The highest BCUT2D eigenvalue weighted by molar-refractivity contribution is 5.50. The second-order valence-corrected chi connectivity index (χ2v) is 5.29. The van der Waals surface area contributed by atoms with Gasteiger partial charge in [-0.25, -0.2) is 0 Å². The highest BCUT2D eigenvalue weighted by Crippen LogP contribution is 2.27. The molecular weight excluding hydrogens is 234 g/mol. The first-order chi connectivity index (χ1) is 9.24. The van der Waals surface area contributed by atoms with Gasteiger partial charge in [-0.05, 0) is 54.7 Å². The summed E-state index contributed by atoms with van der Waals surface area (Å²) in [6.45, 7) is 0. The van der Waals surface area contributed by atoms with E-state index in [1.807, 2.05) is 12.1 Å². The second-order valence-electron chi connectivity index (χ2n) is 5.29. The molecule has 0 bridgehead atoms. The average Bonchev–Trinajstić information content (AvgIpc) is 2.47. The fraction of sp³-hybridized carbons (Fsp3) is 0.294. The van der Waals surface area contributed by atoms with Gasteiger partial charge in [0, 0.05) is 18.8 Å². The van der Waals surface area contributed by atoms with Crippen molar-refractivity contribution in [3.8, 4) is 5.75 Å². The molecule has 0 heterocycles. The normalized spacial score (nSPS) is 17.8. The van der Waals surface area contributed by atoms with Gasteiger partial charge in [0.15, 0.2) is 0 Å². The molecular formula is C17H19NO. The standard InChI is InChI=1S/C17H19NO/c1-18(15-8-10-17(19)11-9-15)16-7-6-13-4-2-3-5-14(13)12-16/h2-5,8-11,16,19H,6-7,12H2,1H3. The Hall–Kier alpha value is -1.96. The summed E-state index contributed by atoms with van der Waals surface area (Å²) >= 11 is 0. The van der Waals surface area contributed by atoms with Crippen LogP contribution in [0.2, 0.25) is 0 Å². The van der Waals surface area contributed by atoms with Gasteiger partial charge in [-0.2, -0.15) is 0 Å². The van der Waals surface area contributed by atoms with Crippen LogP contribution in [0.4, 0.5) is 5.69 Å². The molecule has 1 unspecified atom stereocenters. The molecule has 0 aliphatic heterocycles. The zero-order valence-electron chi connectivity index (χ0n) is 11.2. The number of likely N-dealkylation sites (N-methyl/N-ethyl adjacent to an activating group) is 1. The number of anilines is 1. The molecule has 2 nitrogen and oxygen atoms in total. The Morgan fingerprint density at radius 2 is 1.68 bits per heavy atom. The molecule has 98 valence electrons. The van der Waals surface area contributed by atoms with Gasteiger partial charge < -0.3 is 10.0 Å². The first kappa shape index (κ1) is 12.1. The second kappa shape index (κ2) is 4.96. The molecule has 1 atom stereocenters. The molecule has 2 heteroatoms. The fourth-order valence-electron chi connectivity index (χ4n) is 2.91. The number of aromatic hydroxyl groups is 1. The lowest BCUT2D eigenvalue weighted by atomic mass is 9.87. The molecule has 3 rings (SSSR count). The lowest BCUT2D eigenvalue weighted by Crippen LogP contribution is -2.36. The van der Waals surface area contributed by atoms with Crippen molar-refractivity contribution in [2.24, 2.45) is 0 Å². The molecule has 2 aromatic carbocycles. The van der Waals surface area contributed by atoms with E-state index in [1.165, 1.54) is 23.2 Å². The lowest BCUT2D eigenvalue weighted by molar-refractivity contribution is 0.475. The molecule has 2 aromatic rings. The van der Waals surface area contributed by atoms with Crippen molar-refractivity contribution in [1.29, 1.82) is 0 Å². The average molecular weight is 253 g/mol. The van der Waals surface area contributed by atoms with Crippen LogP contribution >= 0.6 is 0 Å². The van der Waals surface area contributed by atoms with Crippen molar-refractivity contribution in [3.63, 3.8) is 0 Å². The summed E-state index contributed by atoms with van der Waals surface area (Å²) in [6.07, 6.45) is 3.45. The van der Waals surface area contributed by atoms with E-state index in [9.17, 15) is 5.11 Å². The number of nitrogens with zero attached hydrogens (tertiary/aromatic N) is 1. The van der Waals surface area contributed by atoms with E-state index in [0.29, 0.717) is 11.8 Å². The number of rotatable bonds is 2. The minimum Gasteiger partial charge on any atom is -0.508 e. The number of hydrogen-bond acceptors (Lipinski definition) is 2. The van der Waals surface area contributed by atoms with E-state index in [1.54, 1.807) is 12.1 Å². The van der Waals surface area contributed by atoms with Crippen molar-refractivity contribution in [2.75, 3.05) is 11.9 Å². The maximum atomic E-state index is 9.36. The maximum Gasteiger partial charge on any atom is 0.115 e. The van der Waals surface area contributed by atoms with E-state index >= 15 is 0 Å². The SMILES string of the molecule is CN(c1ccc(O)cc1)C1CCc2ccccc2C1. The van der Waals surface area contributed by atoms with Crippen LogP contribution < -0.4 is 4.90 Å². The fourth-order valence-corrected chi connectivity index (χ4v) is 2.91. The highest BCUT2D eigenvalue weighted by Gasteiger charge is 2.21. The molecule has 0 fully saturated rings. The minimum absolute atomic E-state index is 0.325. The van der Waals surface area contributed by atoms with Gasteiger partial charge in [0.2, 0.25) is 0 Å². The molecule has 1 aliphatic carbocycles. The Morgan fingerprint density at radius 1 is 1.00 bits per heavy atom. The number of fused-ring (bicyclic) bond motifs is 1. The summed E-state index contributed by atoms with van der Waals surface area (Å²) < 4.78 is 0. The summed E-state index contributed by atoms with van der Waals surface area (Å²) in [7, 11) is 2.14. The van der Waals surface area contributed by atoms with Crippen LogP contribution in [-0.4, -0.2) is 18.2 Å². The molecule has 19 heavy (non-hydrogen) atoms. The van der Waals surface area contributed by atoms with Crippen LogP contribution in [0.3, 0.4) is 0 Å². The lowest BCUT2D eigenvalue weighted by Gasteiger charge is -2.34. The van der Waals surface area contributed by atoms with Crippen LogP contribution in [0.5, 0.6) is 5.75 Å². The van der Waals surface area contributed by atoms with Crippen LogP contribution in [0.1, 0.15) is 17.5 Å². The molecule has 0 radical (unpaired) electrons. The number of phenolic OH excluding ortho intramolecular Hbond substituents is 1. The van der Waals surface area contributed by atoms with E-state index in [4.69, 9.17) is 0 Å². The van der Waals surface area contributed by atoms with Crippen molar-refractivity contribution in [2.45, 2.75) is 25.3 Å². The zero-order chi connectivity index (χ0) is 13.2. The molecule has 0 spiro atoms. The van der Waals surface area contributed by atoms with E-state index < -0.39 is 0 Å². The number of aryl methyl sites for hydroxylation is 1. The molecule has 0 aromatic heterocycles. The zero-order valence-corrected chi connectivity index (χ0v) is 11.2. The van der Waals surface area contributed by atoms with Crippen molar-refractivity contribution in [1.82, 2.24) is 0 Å². The summed E-state index contributed by atoms with van der Waals surface area (Å²) in [4.78, 5) is 2.33. The number of phenols is 1. The largest absolute Gasteiger partial charge is 0.508 e. The van der Waals surface area contributed by atoms with Crippen molar-refractivity contribution in [3.05, 3.63) is 59.7 Å². The quantitative estimate of drug-likeness (QED) is 0.887. The van der Waals surface area contributed by atoms with Crippen molar-refractivity contribution < 1.29 is 5.11 Å². The molecule has 0 amide bonds. The van der Waals surface area contributed by atoms with Crippen LogP contribution in [0.15, 0.2) is 48.5 Å². The Morgan fingerprint density at radius 3 is 2.42 bits per heavy atom. The first-order valence-electron chi connectivity index (χ1n) is 6.82. The van der Waals surface area contributed by atoms with Gasteiger partial charge in [0.25, 0.3) is 0 Å². The Labute approximate surface area is 114 Å². The van der Waals surface area contributed by atoms with Crippen LogP contribution in [-0.2, 0) is 12.8 Å². The Kier molecular flexibility index (Phi) is 3.16. The minimum atomic E-state index is 0.325. The van der Waals surface area contributed by atoms with Gasteiger partial charge in [0.05, 0.1) is 0 Å². The predicted octanol–water partition coefficient (Wildman–Crippen LogP) is 3.39. The Bertz CT molecular complexity index is 562. The summed E-state index contributed by atoms with van der Waals surface area (Å²) in [5.74, 6) is 0.325. The molecule has 1 aliphatic rings. The highest BCUT2D eigenvalue weighted by atomic mass is 16.3. The first-order valence-corrected chi connectivity index (χ1v) is 6.82. The van der Waals surface area contributed by atoms with Gasteiger partial charge in [-0.15, -0.1) is 0 Å². The van der Waals surface area contributed by atoms with E-state index in [0.717, 1.165) is 12.8 Å². The van der Waals surface area contributed by atoms with Gasteiger partial charge >= 0.3 is 0 Å². The van der Waals surface area contributed by atoms with Gasteiger partial charge in [-0.3, -0.25) is 0 Å². The number of benzene rings is 2. The third kappa shape index (κ3) is 2.43. The smallest absolute Gasteiger partial charge is 0.115 e.